The Bertz CT molecular complexity index is 434. The fraction of sp³-hybridized carbons (Fsp3) is 0.111. The van der Waals surface area contributed by atoms with E-state index in [4.69, 9.17) is 11.5 Å². The summed E-state index contributed by atoms with van der Waals surface area (Å²) in [6, 6.07) is 3.76. The minimum atomic E-state index is 0.433. The predicted octanol–water partition coefficient (Wildman–Crippen LogP) is 0.308. The Labute approximate surface area is 81.4 Å². The molecule has 0 amide bonds. The molecule has 5 heteroatoms. The van der Waals surface area contributed by atoms with Crippen molar-refractivity contribution in [2.24, 2.45) is 5.73 Å². The maximum atomic E-state index is 5.58. The van der Waals surface area contributed by atoms with Crippen LogP contribution in [0.2, 0.25) is 0 Å². The van der Waals surface area contributed by atoms with Crippen molar-refractivity contribution in [3.8, 4) is 5.82 Å². The molecule has 0 saturated carbocycles. The van der Waals surface area contributed by atoms with E-state index in [0.29, 0.717) is 12.2 Å². The number of aromatic nitrogens is 3. The van der Waals surface area contributed by atoms with Crippen LogP contribution in [0.4, 0.5) is 5.69 Å². The molecule has 2 rings (SSSR count). The number of hydrogen-bond donors (Lipinski definition) is 2. The number of nitrogen functional groups attached to an aromatic ring is 1. The van der Waals surface area contributed by atoms with Gasteiger partial charge >= 0.3 is 0 Å². The summed E-state index contributed by atoms with van der Waals surface area (Å²) in [5, 5.41) is 4.07. The SMILES string of the molecule is NCc1cccnc1-n1cc(N)cn1. The summed E-state index contributed by atoms with van der Waals surface area (Å²) in [5.74, 6) is 0.728. The van der Waals surface area contributed by atoms with Crippen molar-refractivity contribution in [3.05, 3.63) is 36.3 Å². The molecule has 0 atom stereocenters. The van der Waals surface area contributed by atoms with E-state index >= 15 is 0 Å². The average molecular weight is 189 g/mol. The van der Waals surface area contributed by atoms with Crippen LogP contribution in [-0.2, 0) is 6.54 Å². The van der Waals surface area contributed by atoms with E-state index in [1.807, 2.05) is 12.1 Å². The topological polar surface area (TPSA) is 82.8 Å². The normalized spacial score (nSPS) is 10.4. The van der Waals surface area contributed by atoms with E-state index in [2.05, 4.69) is 10.1 Å². The first kappa shape index (κ1) is 8.71. The number of hydrogen-bond acceptors (Lipinski definition) is 4. The van der Waals surface area contributed by atoms with Gasteiger partial charge in [0.05, 0.1) is 18.1 Å². The zero-order valence-electron chi connectivity index (χ0n) is 7.59. The van der Waals surface area contributed by atoms with Gasteiger partial charge in [-0.15, -0.1) is 0 Å². The smallest absolute Gasteiger partial charge is 0.157 e. The van der Waals surface area contributed by atoms with Crippen molar-refractivity contribution < 1.29 is 0 Å². The van der Waals surface area contributed by atoms with Crippen LogP contribution >= 0.6 is 0 Å². The molecule has 0 aromatic carbocycles. The van der Waals surface area contributed by atoms with Gasteiger partial charge in [0, 0.05) is 18.3 Å². The van der Waals surface area contributed by atoms with Crippen molar-refractivity contribution >= 4 is 5.69 Å². The zero-order valence-corrected chi connectivity index (χ0v) is 7.59. The quantitative estimate of drug-likeness (QED) is 0.712. The molecule has 0 aliphatic rings. The summed E-state index contributed by atoms with van der Waals surface area (Å²) < 4.78 is 1.62. The third-order valence-corrected chi connectivity index (χ3v) is 1.91. The van der Waals surface area contributed by atoms with Crippen LogP contribution in [0.5, 0.6) is 0 Å². The van der Waals surface area contributed by atoms with Crippen molar-refractivity contribution in [1.29, 1.82) is 0 Å². The highest BCUT2D eigenvalue weighted by Crippen LogP contribution is 2.11. The van der Waals surface area contributed by atoms with Crippen molar-refractivity contribution in [2.75, 3.05) is 5.73 Å². The van der Waals surface area contributed by atoms with Crippen LogP contribution < -0.4 is 11.5 Å². The molecule has 0 saturated heterocycles. The fourth-order valence-corrected chi connectivity index (χ4v) is 1.25. The third kappa shape index (κ3) is 1.45. The Morgan fingerprint density at radius 1 is 1.43 bits per heavy atom. The summed E-state index contributed by atoms with van der Waals surface area (Å²) in [4.78, 5) is 4.20. The molecule has 72 valence electrons. The lowest BCUT2D eigenvalue weighted by Gasteiger charge is -2.04. The molecule has 2 aromatic heterocycles. The molecular weight excluding hydrogens is 178 g/mol. The molecule has 2 aromatic rings. The van der Waals surface area contributed by atoms with Crippen LogP contribution in [0.15, 0.2) is 30.7 Å². The van der Waals surface area contributed by atoms with Gasteiger partial charge in [-0.1, -0.05) is 6.07 Å². The van der Waals surface area contributed by atoms with E-state index < -0.39 is 0 Å². The molecule has 0 spiro atoms. The molecule has 0 fully saturated rings. The Morgan fingerprint density at radius 3 is 2.93 bits per heavy atom. The van der Waals surface area contributed by atoms with E-state index in [-0.39, 0.29) is 0 Å². The van der Waals surface area contributed by atoms with Crippen molar-refractivity contribution in [1.82, 2.24) is 14.8 Å². The summed E-state index contributed by atoms with van der Waals surface area (Å²) >= 11 is 0. The molecule has 2 heterocycles. The average Bonchev–Trinajstić information content (AvgIpc) is 2.65. The number of nitrogens with two attached hydrogens (primary N) is 2. The van der Waals surface area contributed by atoms with Gasteiger partial charge in [0.15, 0.2) is 5.82 Å². The van der Waals surface area contributed by atoms with E-state index in [9.17, 15) is 0 Å². The number of pyridine rings is 1. The van der Waals surface area contributed by atoms with E-state index in [1.54, 1.807) is 23.3 Å². The molecule has 0 unspecified atom stereocenters. The van der Waals surface area contributed by atoms with E-state index in [1.165, 1.54) is 0 Å². The summed E-state index contributed by atoms with van der Waals surface area (Å²) in [6.45, 7) is 0.433. The molecule has 0 bridgehead atoms. The van der Waals surface area contributed by atoms with Gasteiger partial charge in [-0.3, -0.25) is 0 Å². The second kappa shape index (κ2) is 3.47. The zero-order chi connectivity index (χ0) is 9.97. The number of anilines is 1. The Kier molecular flexibility index (Phi) is 2.16. The Hall–Kier alpha value is -1.88. The van der Waals surface area contributed by atoms with Gasteiger partial charge in [0.2, 0.25) is 0 Å². The van der Waals surface area contributed by atoms with Crippen molar-refractivity contribution in [2.45, 2.75) is 6.54 Å². The monoisotopic (exact) mass is 189 g/mol. The molecule has 0 radical (unpaired) electrons. The summed E-state index contributed by atoms with van der Waals surface area (Å²) in [5.41, 5.74) is 12.7. The Morgan fingerprint density at radius 2 is 2.29 bits per heavy atom. The minimum Gasteiger partial charge on any atom is -0.396 e. The van der Waals surface area contributed by atoms with E-state index in [0.717, 1.165) is 11.4 Å². The Balaban J connectivity index is 2.50. The second-order valence-corrected chi connectivity index (χ2v) is 2.91. The lowest BCUT2D eigenvalue weighted by atomic mass is 10.2. The largest absolute Gasteiger partial charge is 0.396 e. The first-order valence-electron chi connectivity index (χ1n) is 4.25. The molecule has 0 aliphatic heterocycles. The highest BCUT2D eigenvalue weighted by molar-refractivity contribution is 5.38. The fourth-order valence-electron chi connectivity index (χ4n) is 1.25. The lowest BCUT2D eigenvalue weighted by molar-refractivity contribution is 0.824. The second-order valence-electron chi connectivity index (χ2n) is 2.91. The maximum absolute atomic E-state index is 5.58. The number of rotatable bonds is 2. The molecule has 14 heavy (non-hydrogen) atoms. The first-order valence-corrected chi connectivity index (χ1v) is 4.25. The predicted molar refractivity (Wildman–Crippen MR) is 53.7 cm³/mol. The van der Waals surface area contributed by atoms with Gasteiger partial charge in [-0.2, -0.15) is 5.10 Å². The lowest BCUT2D eigenvalue weighted by Crippen LogP contribution is -2.06. The standard InChI is InChI=1S/C9H11N5/c10-4-7-2-1-3-12-9(7)14-6-8(11)5-13-14/h1-3,5-6H,4,10-11H2. The highest BCUT2D eigenvalue weighted by atomic mass is 15.3. The van der Waals surface area contributed by atoms with Gasteiger partial charge in [0.1, 0.15) is 0 Å². The van der Waals surface area contributed by atoms with Gasteiger partial charge in [0.25, 0.3) is 0 Å². The molecular formula is C9H11N5. The molecule has 0 aliphatic carbocycles. The van der Waals surface area contributed by atoms with Crippen LogP contribution in [0.25, 0.3) is 5.82 Å². The maximum Gasteiger partial charge on any atom is 0.157 e. The van der Waals surface area contributed by atoms with Gasteiger partial charge < -0.3 is 11.5 Å². The minimum absolute atomic E-state index is 0.433. The van der Waals surface area contributed by atoms with Crippen LogP contribution in [0.3, 0.4) is 0 Å². The number of nitrogens with zero attached hydrogens (tertiary/aromatic N) is 3. The third-order valence-electron chi connectivity index (χ3n) is 1.91. The van der Waals surface area contributed by atoms with Crippen LogP contribution in [0.1, 0.15) is 5.56 Å². The molecule has 4 N–H and O–H groups in total. The summed E-state index contributed by atoms with van der Waals surface area (Å²) in [6.07, 6.45) is 4.99. The summed E-state index contributed by atoms with van der Waals surface area (Å²) in [7, 11) is 0. The van der Waals surface area contributed by atoms with Crippen LogP contribution in [0, 0.1) is 0 Å². The molecule has 5 nitrogen and oxygen atoms in total. The first-order chi connectivity index (χ1) is 6.81. The van der Waals surface area contributed by atoms with Crippen molar-refractivity contribution in [3.63, 3.8) is 0 Å². The van der Waals surface area contributed by atoms with Gasteiger partial charge in [-0.05, 0) is 6.07 Å². The van der Waals surface area contributed by atoms with Crippen LogP contribution in [-0.4, -0.2) is 14.8 Å². The highest BCUT2D eigenvalue weighted by Gasteiger charge is 2.04. The van der Waals surface area contributed by atoms with Gasteiger partial charge in [-0.25, -0.2) is 9.67 Å².